The van der Waals surface area contributed by atoms with Crippen LogP contribution in [0, 0.1) is 5.92 Å². The zero-order chi connectivity index (χ0) is 14.1. The lowest BCUT2D eigenvalue weighted by Crippen LogP contribution is -2.13. The average Bonchev–Trinajstić information content (AvgIpc) is 2.42. The molecule has 1 atom stereocenters. The highest BCUT2D eigenvalue weighted by Crippen LogP contribution is 2.27. The van der Waals surface area contributed by atoms with Gasteiger partial charge in [0.15, 0.2) is 0 Å². The molecule has 0 saturated heterocycles. The molecule has 19 heavy (non-hydrogen) atoms. The van der Waals surface area contributed by atoms with Crippen molar-refractivity contribution >= 4 is 11.6 Å². The number of hydrogen-bond donors (Lipinski definition) is 1. The summed E-state index contributed by atoms with van der Waals surface area (Å²) in [4.78, 5) is 0. The van der Waals surface area contributed by atoms with Gasteiger partial charge in [0.1, 0.15) is 5.75 Å². The van der Waals surface area contributed by atoms with Gasteiger partial charge in [0.05, 0.1) is 6.61 Å². The number of benzene rings is 1. The topological polar surface area (TPSA) is 35.2 Å². The third-order valence-electron chi connectivity index (χ3n) is 3.49. The van der Waals surface area contributed by atoms with E-state index < -0.39 is 0 Å². The molecule has 0 spiro atoms. The summed E-state index contributed by atoms with van der Waals surface area (Å²) in [6.07, 6.45) is 5.67. The van der Waals surface area contributed by atoms with Crippen LogP contribution in [-0.4, -0.2) is 13.2 Å². The van der Waals surface area contributed by atoms with Crippen LogP contribution in [0.1, 0.15) is 45.1 Å². The first kappa shape index (κ1) is 16.3. The Morgan fingerprint density at radius 2 is 2.11 bits per heavy atom. The minimum atomic E-state index is 0.590. The second-order valence-electron chi connectivity index (χ2n) is 4.98. The lowest BCUT2D eigenvalue weighted by atomic mass is 10.0. The molecular formula is C16H26ClNO. The van der Waals surface area contributed by atoms with Crippen molar-refractivity contribution in [3.05, 3.63) is 28.8 Å². The number of rotatable bonds is 9. The van der Waals surface area contributed by atoms with Crippen molar-refractivity contribution in [2.75, 3.05) is 13.2 Å². The fourth-order valence-electron chi connectivity index (χ4n) is 2.17. The highest BCUT2D eigenvalue weighted by atomic mass is 35.5. The number of hydrogen-bond acceptors (Lipinski definition) is 2. The molecule has 0 heterocycles. The predicted octanol–water partition coefficient (Wildman–Crippen LogP) is 4.44. The van der Waals surface area contributed by atoms with Crippen LogP contribution in [0.5, 0.6) is 5.75 Å². The summed E-state index contributed by atoms with van der Waals surface area (Å²) in [7, 11) is 0. The maximum atomic E-state index is 6.21. The molecule has 0 saturated carbocycles. The van der Waals surface area contributed by atoms with E-state index in [0.29, 0.717) is 12.5 Å². The highest BCUT2D eigenvalue weighted by molar-refractivity contribution is 6.31. The van der Waals surface area contributed by atoms with Crippen LogP contribution in [0.25, 0.3) is 0 Å². The summed E-state index contributed by atoms with van der Waals surface area (Å²) < 4.78 is 5.98. The van der Waals surface area contributed by atoms with E-state index in [-0.39, 0.29) is 0 Å². The van der Waals surface area contributed by atoms with E-state index in [9.17, 15) is 0 Å². The van der Waals surface area contributed by atoms with Gasteiger partial charge >= 0.3 is 0 Å². The Morgan fingerprint density at radius 3 is 2.74 bits per heavy atom. The maximum Gasteiger partial charge on any atom is 0.124 e. The Labute approximate surface area is 122 Å². The molecule has 1 aromatic carbocycles. The van der Waals surface area contributed by atoms with Gasteiger partial charge in [-0.25, -0.2) is 0 Å². The van der Waals surface area contributed by atoms with Gasteiger partial charge in [0.2, 0.25) is 0 Å². The molecule has 0 aliphatic rings. The van der Waals surface area contributed by atoms with E-state index in [4.69, 9.17) is 22.1 Å². The minimum absolute atomic E-state index is 0.590. The quantitative estimate of drug-likeness (QED) is 0.727. The number of halogens is 1. The zero-order valence-corrected chi connectivity index (χ0v) is 12.9. The first-order valence-electron chi connectivity index (χ1n) is 7.33. The van der Waals surface area contributed by atoms with Crippen LogP contribution in [0.2, 0.25) is 5.02 Å². The molecule has 1 unspecified atom stereocenters. The predicted molar refractivity (Wildman–Crippen MR) is 83.0 cm³/mol. The van der Waals surface area contributed by atoms with Crippen LogP contribution in [0.3, 0.4) is 0 Å². The van der Waals surface area contributed by atoms with Crippen LogP contribution in [0.15, 0.2) is 18.2 Å². The molecule has 0 aliphatic carbocycles. The van der Waals surface area contributed by atoms with Gasteiger partial charge < -0.3 is 10.5 Å². The molecule has 1 rings (SSSR count). The molecule has 2 nitrogen and oxygen atoms in total. The van der Waals surface area contributed by atoms with Crippen molar-refractivity contribution in [3.8, 4) is 5.75 Å². The first-order valence-corrected chi connectivity index (χ1v) is 7.70. The van der Waals surface area contributed by atoms with Gasteiger partial charge in [-0.05, 0) is 37.4 Å². The van der Waals surface area contributed by atoms with Crippen molar-refractivity contribution in [2.24, 2.45) is 11.7 Å². The zero-order valence-electron chi connectivity index (χ0n) is 12.1. The smallest absolute Gasteiger partial charge is 0.124 e. The molecule has 2 N–H and O–H groups in total. The molecule has 108 valence electrons. The molecule has 0 fully saturated rings. The highest BCUT2D eigenvalue weighted by Gasteiger charge is 2.11. The Morgan fingerprint density at radius 1 is 1.32 bits per heavy atom. The van der Waals surface area contributed by atoms with Crippen molar-refractivity contribution in [1.82, 2.24) is 0 Å². The largest absolute Gasteiger partial charge is 0.493 e. The van der Waals surface area contributed by atoms with Gasteiger partial charge in [-0.15, -0.1) is 0 Å². The lowest BCUT2D eigenvalue weighted by Gasteiger charge is -2.18. The summed E-state index contributed by atoms with van der Waals surface area (Å²) in [5.41, 5.74) is 6.67. The molecule has 0 aliphatic heterocycles. The monoisotopic (exact) mass is 283 g/mol. The van der Waals surface area contributed by atoms with Crippen LogP contribution in [-0.2, 0) is 6.42 Å². The normalized spacial score (nSPS) is 12.4. The van der Waals surface area contributed by atoms with E-state index in [0.717, 1.165) is 35.8 Å². The molecule has 0 amide bonds. The molecule has 0 bridgehead atoms. The van der Waals surface area contributed by atoms with Crippen LogP contribution < -0.4 is 10.5 Å². The summed E-state index contributed by atoms with van der Waals surface area (Å²) in [5, 5.41) is 0.754. The van der Waals surface area contributed by atoms with Gasteiger partial charge in [-0.2, -0.15) is 0 Å². The number of unbranched alkanes of at least 4 members (excludes halogenated alkanes) is 1. The Kier molecular flexibility index (Phi) is 7.92. The molecular weight excluding hydrogens is 258 g/mol. The Bertz CT molecular complexity index is 368. The number of ether oxygens (including phenoxy) is 1. The van der Waals surface area contributed by atoms with Gasteiger partial charge in [-0.1, -0.05) is 50.8 Å². The SMILES string of the molecule is CCCCC(CC)COc1cccc(Cl)c1CCN. The number of nitrogens with two attached hydrogens (primary N) is 1. The summed E-state index contributed by atoms with van der Waals surface area (Å²) >= 11 is 6.21. The Balaban J connectivity index is 2.62. The van der Waals surface area contributed by atoms with E-state index in [1.165, 1.54) is 19.3 Å². The fraction of sp³-hybridized carbons (Fsp3) is 0.625. The van der Waals surface area contributed by atoms with Crippen molar-refractivity contribution < 1.29 is 4.74 Å². The van der Waals surface area contributed by atoms with Crippen LogP contribution in [0.4, 0.5) is 0 Å². The second-order valence-corrected chi connectivity index (χ2v) is 5.39. The van der Waals surface area contributed by atoms with E-state index in [2.05, 4.69) is 13.8 Å². The van der Waals surface area contributed by atoms with Crippen molar-refractivity contribution in [1.29, 1.82) is 0 Å². The molecule has 1 aromatic rings. The van der Waals surface area contributed by atoms with Gasteiger partial charge in [0.25, 0.3) is 0 Å². The molecule has 0 radical (unpaired) electrons. The molecule has 0 aromatic heterocycles. The van der Waals surface area contributed by atoms with Crippen molar-refractivity contribution in [2.45, 2.75) is 46.0 Å². The van der Waals surface area contributed by atoms with Gasteiger partial charge in [-0.3, -0.25) is 0 Å². The van der Waals surface area contributed by atoms with E-state index in [1.54, 1.807) is 0 Å². The van der Waals surface area contributed by atoms with Gasteiger partial charge in [0, 0.05) is 10.6 Å². The fourth-order valence-corrected chi connectivity index (χ4v) is 2.43. The molecule has 3 heteroatoms. The first-order chi connectivity index (χ1) is 9.22. The minimum Gasteiger partial charge on any atom is -0.493 e. The lowest BCUT2D eigenvalue weighted by molar-refractivity contribution is 0.231. The standard InChI is InChI=1S/C16H26ClNO/c1-3-5-7-13(4-2)12-19-16-9-6-8-15(17)14(16)10-11-18/h6,8-9,13H,3-5,7,10-12,18H2,1-2H3. The van der Waals surface area contributed by atoms with Crippen LogP contribution >= 0.6 is 11.6 Å². The van der Waals surface area contributed by atoms with Crippen molar-refractivity contribution in [3.63, 3.8) is 0 Å². The third kappa shape index (κ3) is 5.42. The third-order valence-corrected chi connectivity index (χ3v) is 3.84. The van der Waals surface area contributed by atoms with E-state index in [1.807, 2.05) is 18.2 Å². The second kappa shape index (κ2) is 9.22. The Hall–Kier alpha value is -0.730. The summed E-state index contributed by atoms with van der Waals surface area (Å²) in [6.45, 7) is 5.81. The average molecular weight is 284 g/mol. The van der Waals surface area contributed by atoms with E-state index >= 15 is 0 Å². The maximum absolute atomic E-state index is 6.21. The summed E-state index contributed by atoms with van der Waals surface area (Å²) in [6, 6.07) is 5.82. The summed E-state index contributed by atoms with van der Waals surface area (Å²) in [5.74, 6) is 1.53.